The first-order valence-corrected chi connectivity index (χ1v) is 6.65. The lowest BCUT2D eigenvalue weighted by molar-refractivity contribution is -0.135. The van der Waals surface area contributed by atoms with Gasteiger partial charge in [-0.25, -0.2) is 0 Å². The summed E-state index contributed by atoms with van der Waals surface area (Å²) in [6, 6.07) is 7.07. The molecule has 1 heterocycles. The maximum absolute atomic E-state index is 11.6. The van der Waals surface area contributed by atoms with Gasteiger partial charge in [-0.1, -0.05) is 55.1 Å². The van der Waals surface area contributed by atoms with Crippen molar-refractivity contribution in [2.45, 2.75) is 12.1 Å². The predicted molar refractivity (Wildman–Crippen MR) is 80.6 cm³/mol. The number of morpholine rings is 1. The van der Waals surface area contributed by atoms with E-state index in [0.29, 0.717) is 5.02 Å². The molecule has 1 N–H and O–H groups in total. The van der Waals surface area contributed by atoms with Gasteiger partial charge in [0.1, 0.15) is 12.7 Å². The van der Waals surface area contributed by atoms with E-state index in [-0.39, 0.29) is 24.7 Å². The molecule has 4 heteroatoms. The minimum Gasteiger partial charge on any atom is -0.361 e. The van der Waals surface area contributed by atoms with Crippen LogP contribution in [0.4, 0.5) is 0 Å². The summed E-state index contributed by atoms with van der Waals surface area (Å²) in [5.41, 5.74) is 1.81. The van der Waals surface area contributed by atoms with E-state index in [9.17, 15) is 4.79 Å². The number of allylic oxidation sites excluding steroid dienone is 2. The molecule has 0 radical (unpaired) electrons. The van der Waals surface area contributed by atoms with Gasteiger partial charge >= 0.3 is 0 Å². The average Bonchev–Trinajstić information content (AvgIpc) is 2.46. The zero-order valence-corrected chi connectivity index (χ0v) is 11.8. The van der Waals surface area contributed by atoms with Gasteiger partial charge in [-0.3, -0.25) is 4.79 Å². The van der Waals surface area contributed by atoms with E-state index in [1.54, 1.807) is 24.3 Å². The Morgan fingerprint density at radius 3 is 2.65 bits per heavy atom. The van der Waals surface area contributed by atoms with Crippen molar-refractivity contribution in [1.29, 1.82) is 0 Å². The van der Waals surface area contributed by atoms with Crippen LogP contribution in [0.25, 0.3) is 0 Å². The fourth-order valence-corrected chi connectivity index (χ4v) is 2.31. The molecule has 1 aliphatic heterocycles. The lowest BCUT2D eigenvalue weighted by Gasteiger charge is -2.33. The van der Waals surface area contributed by atoms with Gasteiger partial charge in [-0.2, -0.15) is 0 Å². The molecule has 2 rings (SSSR count). The number of carbonyl (C=O) groups is 1. The standard InChI is InChI=1S/C16H16ClNO2/c1-3-5-11(4-2)16-15(18-14(19)10-20-16)12-6-8-13(17)9-7-12/h3-9,15-16H,1-2,10H2,(H,18,19)/b11-5+. The van der Waals surface area contributed by atoms with Crippen molar-refractivity contribution in [1.82, 2.24) is 5.32 Å². The average molecular weight is 290 g/mol. The number of benzene rings is 1. The van der Waals surface area contributed by atoms with Crippen molar-refractivity contribution in [3.8, 4) is 0 Å². The van der Waals surface area contributed by atoms with Gasteiger partial charge in [0, 0.05) is 5.02 Å². The molecule has 1 saturated heterocycles. The first-order valence-electron chi connectivity index (χ1n) is 6.27. The lowest BCUT2D eigenvalue weighted by atomic mass is 9.94. The van der Waals surface area contributed by atoms with Crippen LogP contribution in [0.2, 0.25) is 5.02 Å². The number of hydrogen-bond acceptors (Lipinski definition) is 2. The molecule has 1 aromatic rings. The number of rotatable bonds is 4. The number of nitrogens with one attached hydrogen (secondary N) is 1. The molecule has 0 bridgehead atoms. The minimum absolute atomic E-state index is 0.0388. The fourth-order valence-electron chi connectivity index (χ4n) is 2.18. The highest BCUT2D eigenvalue weighted by Gasteiger charge is 2.32. The maximum atomic E-state index is 11.6. The summed E-state index contributed by atoms with van der Waals surface area (Å²) in [5, 5.41) is 3.60. The molecule has 2 unspecified atom stereocenters. The van der Waals surface area contributed by atoms with Crippen molar-refractivity contribution in [2.75, 3.05) is 6.61 Å². The van der Waals surface area contributed by atoms with E-state index in [2.05, 4.69) is 18.5 Å². The van der Waals surface area contributed by atoms with Crippen LogP contribution in [0.1, 0.15) is 11.6 Å². The molecule has 0 aliphatic carbocycles. The van der Waals surface area contributed by atoms with Crippen LogP contribution in [0.15, 0.2) is 61.2 Å². The molecule has 0 aromatic heterocycles. The molecule has 1 fully saturated rings. The normalized spacial score (nSPS) is 23.1. The molecule has 1 aromatic carbocycles. The first-order chi connectivity index (χ1) is 9.65. The monoisotopic (exact) mass is 289 g/mol. The van der Waals surface area contributed by atoms with E-state index in [0.717, 1.165) is 11.1 Å². The molecule has 104 valence electrons. The van der Waals surface area contributed by atoms with E-state index in [1.807, 2.05) is 18.2 Å². The van der Waals surface area contributed by atoms with Crippen LogP contribution in [0.5, 0.6) is 0 Å². The molecular formula is C16H16ClNO2. The van der Waals surface area contributed by atoms with Gasteiger partial charge < -0.3 is 10.1 Å². The van der Waals surface area contributed by atoms with Crippen molar-refractivity contribution >= 4 is 17.5 Å². The number of amides is 1. The van der Waals surface area contributed by atoms with E-state index >= 15 is 0 Å². The summed E-state index contributed by atoms with van der Waals surface area (Å²) in [6.07, 6.45) is 4.94. The van der Waals surface area contributed by atoms with Crippen LogP contribution in [-0.2, 0) is 9.53 Å². The smallest absolute Gasteiger partial charge is 0.246 e. The van der Waals surface area contributed by atoms with Gasteiger partial charge in [0.25, 0.3) is 0 Å². The van der Waals surface area contributed by atoms with Crippen molar-refractivity contribution in [3.63, 3.8) is 0 Å². The number of halogens is 1. The highest BCUT2D eigenvalue weighted by Crippen LogP contribution is 2.28. The van der Waals surface area contributed by atoms with Crippen LogP contribution >= 0.6 is 11.6 Å². The van der Waals surface area contributed by atoms with E-state index in [1.165, 1.54) is 0 Å². The lowest BCUT2D eigenvalue weighted by Crippen LogP contribution is -2.46. The van der Waals surface area contributed by atoms with Crippen molar-refractivity contribution in [2.24, 2.45) is 0 Å². The molecule has 0 saturated carbocycles. The Morgan fingerprint density at radius 2 is 2.05 bits per heavy atom. The summed E-state index contributed by atoms with van der Waals surface area (Å²) in [5.74, 6) is -0.136. The fraction of sp³-hybridized carbons (Fsp3) is 0.188. The second-order valence-electron chi connectivity index (χ2n) is 4.43. The molecule has 2 atom stereocenters. The van der Waals surface area contributed by atoms with E-state index in [4.69, 9.17) is 16.3 Å². The van der Waals surface area contributed by atoms with Crippen LogP contribution in [-0.4, -0.2) is 18.6 Å². The Morgan fingerprint density at radius 1 is 1.35 bits per heavy atom. The Balaban J connectivity index is 2.35. The third-order valence-corrected chi connectivity index (χ3v) is 3.37. The second-order valence-corrected chi connectivity index (χ2v) is 4.87. The first kappa shape index (κ1) is 14.6. The Hall–Kier alpha value is -1.84. The Kier molecular flexibility index (Phi) is 4.77. The van der Waals surface area contributed by atoms with Crippen molar-refractivity contribution < 1.29 is 9.53 Å². The van der Waals surface area contributed by atoms with Gasteiger partial charge in [0.2, 0.25) is 5.91 Å². The largest absolute Gasteiger partial charge is 0.361 e. The maximum Gasteiger partial charge on any atom is 0.246 e. The molecular weight excluding hydrogens is 274 g/mol. The van der Waals surface area contributed by atoms with Crippen LogP contribution in [0.3, 0.4) is 0 Å². The quantitative estimate of drug-likeness (QED) is 0.865. The Bertz CT molecular complexity index is 548. The minimum atomic E-state index is -0.288. The summed E-state index contributed by atoms with van der Waals surface area (Å²) in [4.78, 5) is 11.6. The third kappa shape index (κ3) is 3.18. The topological polar surface area (TPSA) is 38.3 Å². The number of hydrogen-bond donors (Lipinski definition) is 1. The summed E-state index contributed by atoms with van der Waals surface area (Å²) < 4.78 is 5.66. The summed E-state index contributed by atoms with van der Waals surface area (Å²) >= 11 is 5.90. The zero-order chi connectivity index (χ0) is 14.5. The van der Waals surface area contributed by atoms with Crippen LogP contribution in [0, 0.1) is 0 Å². The van der Waals surface area contributed by atoms with Gasteiger partial charge in [-0.15, -0.1) is 0 Å². The number of carbonyl (C=O) groups excluding carboxylic acids is 1. The number of ether oxygens (including phenoxy) is 1. The third-order valence-electron chi connectivity index (χ3n) is 3.12. The van der Waals surface area contributed by atoms with Gasteiger partial charge in [-0.05, 0) is 23.3 Å². The SMILES string of the molecule is C=C/C=C(\C=C)C1OCC(=O)NC1c1ccc(Cl)cc1. The molecule has 0 spiro atoms. The molecule has 20 heavy (non-hydrogen) atoms. The molecule has 1 aliphatic rings. The summed E-state index contributed by atoms with van der Waals surface area (Å²) in [7, 11) is 0. The zero-order valence-electron chi connectivity index (χ0n) is 11.0. The molecule has 3 nitrogen and oxygen atoms in total. The molecule has 1 amide bonds. The van der Waals surface area contributed by atoms with Crippen molar-refractivity contribution in [3.05, 3.63) is 71.8 Å². The predicted octanol–water partition coefficient (Wildman–Crippen LogP) is 3.19. The highest BCUT2D eigenvalue weighted by molar-refractivity contribution is 6.30. The second kappa shape index (κ2) is 6.55. The van der Waals surface area contributed by atoms with Crippen LogP contribution < -0.4 is 5.32 Å². The summed E-state index contributed by atoms with van der Waals surface area (Å²) in [6.45, 7) is 7.51. The Labute approximate surface area is 123 Å². The highest BCUT2D eigenvalue weighted by atomic mass is 35.5. The van der Waals surface area contributed by atoms with Gasteiger partial charge in [0.15, 0.2) is 0 Å². The van der Waals surface area contributed by atoms with E-state index < -0.39 is 0 Å². The van der Waals surface area contributed by atoms with Gasteiger partial charge in [0.05, 0.1) is 6.04 Å².